The Morgan fingerprint density at radius 3 is 2.71 bits per heavy atom. The first-order valence-corrected chi connectivity index (χ1v) is 4.89. The maximum atomic E-state index is 11.5. The molecule has 5 nitrogen and oxygen atoms in total. The molecule has 0 aromatic heterocycles. The van der Waals surface area contributed by atoms with Crippen LogP contribution >= 0.6 is 0 Å². The molecule has 1 atom stereocenters. The highest BCUT2D eigenvalue weighted by molar-refractivity contribution is 5.83. The van der Waals surface area contributed by atoms with E-state index in [9.17, 15) is 9.59 Å². The van der Waals surface area contributed by atoms with Crippen LogP contribution in [0.4, 0.5) is 0 Å². The molecule has 0 aliphatic carbocycles. The van der Waals surface area contributed by atoms with E-state index in [2.05, 4.69) is 0 Å². The average Bonchev–Trinajstić information content (AvgIpc) is 2.18. The van der Waals surface area contributed by atoms with Crippen molar-refractivity contribution in [2.24, 2.45) is 5.73 Å². The van der Waals surface area contributed by atoms with Crippen LogP contribution in [0, 0.1) is 0 Å². The van der Waals surface area contributed by atoms with Gasteiger partial charge in [-0.25, -0.2) is 4.79 Å². The number of aliphatic carboxylic acids is 1. The first-order valence-electron chi connectivity index (χ1n) is 4.89. The predicted octanol–water partition coefficient (Wildman–Crippen LogP) is -0.199. The fourth-order valence-corrected chi connectivity index (χ4v) is 1.75. The summed E-state index contributed by atoms with van der Waals surface area (Å²) in [5.74, 6) is -1.05. The molecule has 0 saturated carbocycles. The molecule has 5 heteroatoms. The lowest BCUT2D eigenvalue weighted by molar-refractivity contribution is -0.152. The van der Waals surface area contributed by atoms with Crippen molar-refractivity contribution in [2.45, 2.75) is 31.7 Å². The van der Waals surface area contributed by atoms with Crippen LogP contribution in [0.2, 0.25) is 0 Å². The van der Waals surface area contributed by atoms with Gasteiger partial charge in [0.1, 0.15) is 6.04 Å². The monoisotopic (exact) mass is 200 g/mol. The topological polar surface area (TPSA) is 83.6 Å². The normalized spacial score (nSPS) is 22.1. The Labute approximate surface area is 82.9 Å². The van der Waals surface area contributed by atoms with Gasteiger partial charge >= 0.3 is 5.97 Å². The molecule has 1 amide bonds. The number of rotatable bonds is 3. The standard InChI is InChI=1S/C9H16N2O3/c10-5-4-8(12)11-6-2-1-3-7(11)9(13)14/h7H,1-6,10H2,(H,13,14)/t7-/m0/s1. The molecule has 1 fully saturated rings. The van der Waals surface area contributed by atoms with Gasteiger partial charge in [-0.15, -0.1) is 0 Å². The minimum absolute atomic E-state index is 0.139. The lowest BCUT2D eigenvalue weighted by Crippen LogP contribution is -2.48. The third-order valence-electron chi connectivity index (χ3n) is 2.47. The maximum absolute atomic E-state index is 11.5. The molecular formula is C9H16N2O3. The molecule has 0 radical (unpaired) electrons. The summed E-state index contributed by atoms with van der Waals surface area (Å²) in [5.41, 5.74) is 5.26. The van der Waals surface area contributed by atoms with Crippen LogP contribution in [-0.2, 0) is 9.59 Å². The molecule has 0 bridgehead atoms. The van der Waals surface area contributed by atoms with Gasteiger partial charge in [-0.2, -0.15) is 0 Å². The van der Waals surface area contributed by atoms with Crippen LogP contribution in [0.1, 0.15) is 25.7 Å². The summed E-state index contributed by atoms with van der Waals surface area (Å²) < 4.78 is 0. The van der Waals surface area contributed by atoms with Gasteiger partial charge in [0, 0.05) is 19.5 Å². The number of carboxylic acid groups (broad SMARTS) is 1. The number of likely N-dealkylation sites (tertiary alicyclic amines) is 1. The van der Waals surface area contributed by atoms with Crippen molar-refractivity contribution in [2.75, 3.05) is 13.1 Å². The Balaban J connectivity index is 2.62. The molecule has 1 aliphatic heterocycles. The summed E-state index contributed by atoms with van der Waals surface area (Å²) in [5, 5.41) is 8.90. The highest BCUT2D eigenvalue weighted by Crippen LogP contribution is 2.17. The molecule has 0 unspecified atom stereocenters. The number of carboxylic acids is 1. The van der Waals surface area contributed by atoms with E-state index < -0.39 is 12.0 Å². The third-order valence-corrected chi connectivity index (χ3v) is 2.47. The lowest BCUT2D eigenvalue weighted by Gasteiger charge is -2.32. The molecular weight excluding hydrogens is 184 g/mol. The Kier molecular flexibility index (Phi) is 3.88. The molecule has 0 aromatic carbocycles. The molecule has 80 valence electrons. The summed E-state index contributed by atoms with van der Waals surface area (Å²) in [7, 11) is 0. The second-order valence-electron chi connectivity index (χ2n) is 3.48. The van der Waals surface area contributed by atoms with Crippen LogP contribution in [0.5, 0.6) is 0 Å². The van der Waals surface area contributed by atoms with Crippen LogP contribution in [0.15, 0.2) is 0 Å². The quantitative estimate of drug-likeness (QED) is 0.661. The Morgan fingerprint density at radius 1 is 1.43 bits per heavy atom. The second kappa shape index (κ2) is 4.95. The summed E-state index contributed by atoms with van der Waals surface area (Å²) >= 11 is 0. The van der Waals surface area contributed by atoms with Gasteiger partial charge in [-0.1, -0.05) is 0 Å². The van der Waals surface area contributed by atoms with Gasteiger partial charge in [0.15, 0.2) is 0 Å². The first kappa shape index (κ1) is 11.0. The zero-order valence-electron chi connectivity index (χ0n) is 8.11. The van der Waals surface area contributed by atoms with Gasteiger partial charge in [0.05, 0.1) is 0 Å². The molecule has 14 heavy (non-hydrogen) atoms. The minimum Gasteiger partial charge on any atom is -0.480 e. The van der Waals surface area contributed by atoms with E-state index >= 15 is 0 Å². The molecule has 0 aromatic rings. The smallest absolute Gasteiger partial charge is 0.326 e. The van der Waals surface area contributed by atoms with Crippen molar-refractivity contribution in [3.8, 4) is 0 Å². The second-order valence-corrected chi connectivity index (χ2v) is 3.48. The molecule has 1 saturated heterocycles. The van der Waals surface area contributed by atoms with E-state index in [1.165, 1.54) is 4.90 Å². The molecule has 3 N–H and O–H groups in total. The number of nitrogens with two attached hydrogens (primary N) is 1. The zero-order valence-corrected chi connectivity index (χ0v) is 8.11. The number of carbonyl (C=O) groups excluding carboxylic acids is 1. The summed E-state index contributed by atoms with van der Waals surface area (Å²) in [6.07, 6.45) is 2.57. The first-order chi connectivity index (χ1) is 6.66. The van der Waals surface area contributed by atoms with E-state index in [-0.39, 0.29) is 18.9 Å². The van der Waals surface area contributed by atoms with Crippen LogP contribution in [0.3, 0.4) is 0 Å². The zero-order chi connectivity index (χ0) is 10.6. The number of nitrogens with zero attached hydrogens (tertiary/aromatic N) is 1. The highest BCUT2D eigenvalue weighted by Gasteiger charge is 2.31. The fourth-order valence-electron chi connectivity index (χ4n) is 1.75. The number of hydrogen-bond acceptors (Lipinski definition) is 3. The minimum atomic E-state index is -0.907. The van der Waals surface area contributed by atoms with E-state index in [4.69, 9.17) is 10.8 Å². The van der Waals surface area contributed by atoms with Gasteiger partial charge in [0.2, 0.25) is 5.91 Å². The van der Waals surface area contributed by atoms with Crippen molar-refractivity contribution in [1.29, 1.82) is 0 Å². The van der Waals surface area contributed by atoms with Crippen molar-refractivity contribution in [3.05, 3.63) is 0 Å². The Morgan fingerprint density at radius 2 is 2.14 bits per heavy atom. The number of carbonyl (C=O) groups is 2. The number of piperidine rings is 1. The summed E-state index contributed by atoms with van der Waals surface area (Å²) in [6.45, 7) is 0.831. The SMILES string of the molecule is NCCC(=O)N1CCCC[C@H]1C(=O)O. The van der Waals surface area contributed by atoms with Crippen LogP contribution < -0.4 is 5.73 Å². The van der Waals surface area contributed by atoms with E-state index in [1.807, 2.05) is 0 Å². The summed E-state index contributed by atoms with van der Waals surface area (Å²) in [4.78, 5) is 23.8. The molecule has 1 heterocycles. The van der Waals surface area contributed by atoms with E-state index in [1.54, 1.807) is 0 Å². The fraction of sp³-hybridized carbons (Fsp3) is 0.778. The van der Waals surface area contributed by atoms with Crippen LogP contribution in [0.25, 0.3) is 0 Å². The summed E-state index contributed by atoms with van der Waals surface area (Å²) in [6, 6.07) is -0.636. The van der Waals surface area contributed by atoms with Crippen LogP contribution in [-0.4, -0.2) is 41.0 Å². The lowest BCUT2D eigenvalue weighted by atomic mass is 10.0. The Hall–Kier alpha value is -1.10. The van der Waals surface area contributed by atoms with E-state index in [0.717, 1.165) is 12.8 Å². The van der Waals surface area contributed by atoms with Gasteiger partial charge in [-0.3, -0.25) is 4.79 Å². The number of hydrogen-bond donors (Lipinski definition) is 2. The van der Waals surface area contributed by atoms with Gasteiger partial charge in [-0.05, 0) is 19.3 Å². The predicted molar refractivity (Wildman–Crippen MR) is 50.7 cm³/mol. The number of amides is 1. The average molecular weight is 200 g/mol. The largest absolute Gasteiger partial charge is 0.480 e. The molecule has 1 rings (SSSR count). The van der Waals surface area contributed by atoms with Gasteiger partial charge in [0.25, 0.3) is 0 Å². The van der Waals surface area contributed by atoms with Crippen molar-refractivity contribution in [3.63, 3.8) is 0 Å². The maximum Gasteiger partial charge on any atom is 0.326 e. The van der Waals surface area contributed by atoms with Crippen molar-refractivity contribution >= 4 is 11.9 Å². The van der Waals surface area contributed by atoms with Crippen molar-refractivity contribution < 1.29 is 14.7 Å². The Bertz CT molecular complexity index is 230. The highest BCUT2D eigenvalue weighted by atomic mass is 16.4. The van der Waals surface area contributed by atoms with Gasteiger partial charge < -0.3 is 15.7 Å². The third kappa shape index (κ3) is 2.45. The van der Waals surface area contributed by atoms with Crippen molar-refractivity contribution in [1.82, 2.24) is 4.90 Å². The van der Waals surface area contributed by atoms with E-state index in [0.29, 0.717) is 13.0 Å². The molecule has 1 aliphatic rings. The molecule has 0 spiro atoms.